The molecular weight excluding hydrogens is 655 g/mol. The standard InChI is InChI=1S/C52H35NO/c1-2-15-36(16-3-1)38-29-31-39(32-30-38)42-19-6-7-20-43(42)44-21-8-9-22-45(44)46-23-10-12-25-48(46)53(41-34-33-37-17-4-5-18-40(37)35-41)49-26-14-28-51-52(49)47-24-11-13-27-50(47)54-51/h1-35H. The summed E-state index contributed by atoms with van der Waals surface area (Å²) in [7, 11) is 0. The minimum Gasteiger partial charge on any atom is -0.456 e. The predicted molar refractivity (Wildman–Crippen MR) is 228 cm³/mol. The number of rotatable bonds is 7. The zero-order valence-electron chi connectivity index (χ0n) is 29.6. The molecule has 0 aliphatic heterocycles. The van der Waals surface area contributed by atoms with Gasteiger partial charge < -0.3 is 9.32 Å². The SMILES string of the molecule is c1ccc(-c2ccc(-c3ccccc3-c3ccccc3-c3ccccc3N(c3ccc4ccccc4c3)c3cccc4oc5ccccc5c34)cc2)cc1. The van der Waals surface area contributed by atoms with Crippen LogP contribution in [0.2, 0.25) is 0 Å². The third-order valence-corrected chi connectivity index (χ3v) is 10.5. The number of benzene rings is 9. The van der Waals surface area contributed by atoms with Crippen LogP contribution in [0, 0.1) is 0 Å². The summed E-state index contributed by atoms with van der Waals surface area (Å²) in [6.45, 7) is 0. The molecule has 0 amide bonds. The van der Waals surface area contributed by atoms with Gasteiger partial charge in [0.2, 0.25) is 0 Å². The molecule has 0 bridgehead atoms. The zero-order chi connectivity index (χ0) is 35.8. The summed E-state index contributed by atoms with van der Waals surface area (Å²) < 4.78 is 6.44. The molecule has 1 aromatic heterocycles. The Labute approximate surface area is 314 Å². The fraction of sp³-hybridized carbons (Fsp3) is 0. The van der Waals surface area contributed by atoms with Crippen LogP contribution >= 0.6 is 0 Å². The quantitative estimate of drug-likeness (QED) is 0.166. The normalized spacial score (nSPS) is 11.3. The van der Waals surface area contributed by atoms with E-state index >= 15 is 0 Å². The van der Waals surface area contributed by atoms with E-state index in [2.05, 4.69) is 211 Å². The fourth-order valence-electron chi connectivity index (χ4n) is 7.96. The molecule has 0 N–H and O–H groups in total. The molecule has 10 rings (SSSR count). The van der Waals surface area contributed by atoms with Crippen LogP contribution in [-0.2, 0) is 0 Å². The third kappa shape index (κ3) is 5.53. The smallest absolute Gasteiger partial charge is 0.137 e. The van der Waals surface area contributed by atoms with Gasteiger partial charge in [0.1, 0.15) is 11.2 Å². The van der Waals surface area contributed by atoms with Crippen molar-refractivity contribution < 1.29 is 4.42 Å². The summed E-state index contributed by atoms with van der Waals surface area (Å²) in [6, 6.07) is 75.9. The van der Waals surface area contributed by atoms with Crippen LogP contribution < -0.4 is 4.90 Å². The molecule has 0 fully saturated rings. The highest BCUT2D eigenvalue weighted by atomic mass is 16.3. The van der Waals surface area contributed by atoms with Gasteiger partial charge in [-0.2, -0.15) is 0 Å². The average molecular weight is 690 g/mol. The van der Waals surface area contributed by atoms with Crippen molar-refractivity contribution in [3.05, 3.63) is 212 Å². The van der Waals surface area contributed by atoms with Gasteiger partial charge in [0, 0.05) is 16.6 Å². The first-order chi connectivity index (χ1) is 26.8. The first-order valence-corrected chi connectivity index (χ1v) is 18.4. The number of fused-ring (bicyclic) bond motifs is 4. The van der Waals surface area contributed by atoms with Gasteiger partial charge in [-0.1, -0.05) is 176 Å². The molecule has 9 aromatic carbocycles. The van der Waals surface area contributed by atoms with Gasteiger partial charge in [-0.25, -0.2) is 0 Å². The van der Waals surface area contributed by atoms with Crippen molar-refractivity contribution in [3.63, 3.8) is 0 Å². The van der Waals surface area contributed by atoms with Gasteiger partial charge in [0.05, 0.1) is 16.8 Å². The summed E-state index contributed by atoms with van der Waals surface area (Å²) in [5.74, 6) is 0. The highest BCUT2D eigenvalue weighted by Gasteiger charge is 2.23. The summed E-state index contributed by atoms with van der Waals surface area (Å²) in [5, 5.41) is 4.59. The van der Waals surface area contributed by atoms with E-state index < -0.39 is 0 Å². The summed E-state index contributed by atoms with van der Waals surface area (Å²) in [4.78, 5) is 2.41. The van der Waals surface area contributed by atoms with E-state index in [1.807, 2.05) is 6.07 Å². The van der Waals surface area contributed by atoms with Crippen LogP contribution in [-0.4, -0.2) is 0 Å². The summed E-state index contributed by atoms with van der Waals surface area (Å²) in [5.41, 5.74) is 14.5. The van der Waals surface area contributed by atoms with E-state index in [9.17, 15) is 0 Å². The second-order valence-electron chi connectivity index (χ2n) is 13.7. The Hall–Kier alpha value is -7.16. The lowest BCUT2D eigenvalue weighted by Gasteiger charge is -2.29. The molecule has 10 aromatic rings. The maximum absolute atomic E-state index is 6.44. The van der Waals surface area contributed by atoms with Gasteiger partial charge >= 0.3 is 0 Å². The van der Waals surface area contributed by atoms with Crippen LogP contribution in [0.25, 0.3) is 77.2 Å². The molecular formula is C52H35NO. The maximum Gasteiger partial charge on any atom is 0.137 e. The lowest BCUT2D eigenvalue weighted by molar-refractivity contribution is 0.669. The molecule has 2 nitrogen and oxygen atoms in total. The van der Waals surface area contributed by atoms with Gasteiger partial charge in [-0.05, 0) is 86.1 Å². The zero-order valence-corrected chi connectivity index (χ0v) is 29.6. The van der Waals surface area contributed by atoms with E-state index in [4.69, 9.17) is 4.42 Å². The van der Waals surface area contributed by atoms with Crippen molar-refractivity contribution in [1.29, 1.82) is 0 Å². The molecule has 0 radical (unpaired) electrons. The maximum atomic E-state index is 6.44. The molecule has 0 atom stereocenters. The molecule has 0 unspecified atom stereocenters. The fourth-order valence-corrected chi connectivity index (χ4v) is 7.96. The lowest BCUT2D eigenvalue weighted by Crippen LogP contribution is -2.11. The van der Waals surface area contributed by atoms with E-state index in [0.29, 0.717) is 0 Å². The first-order valence-electron chi connectivity index (χ1n) is 18.4. The molecule has 0 aliphatic rings. The Morgan fingerprint density at radius 1 is 0.315 bits per heavy atom. The average Bonchev–Trinajstić information content (AvgIpc) is 3.64. The predicted octanol–water partition coefficient (Wildman–Crippen LogP) is 14.9. The second-order valence-corrected chi connectivity index (χ2v) is 13.7. The number of hydrogen-bond donors (Lipinski definition) is 0. The summed E-state index contributed by atoms with van der Waals surface area (Å²) in [6.07, 6.45) is 0. The van der Waals surface area contributed by atoms with Crippen LogP contribution in [0.4, 0.5) is 17.1 Å². The molecule has 254 valence electrons. The van der Waals surface area contributed by atoms with Crippen molar-refractivity contribution in [1.82, 2.24) is 0 Å². The monoisotopic (exact) mass is 689 g/mol. The molecule has 2 heteroatoms. The number of anilines is 3. The van der Waals surface area contributed by atoms with Crippen LogP contribution in [0.1, 0.15) is 0 Å². The van der Waals surface area contributed by atoms with E-state index in [1.54, 1.807) is 0 Å². The molecule has 0 spiro atoms. The summed E-state index contributed by atoms with van der Waals surface area (Å²) >= 11 is 0. The van der Waals surface area contributed by atoms with E-state index in [1.165, 1.54) is 44.2 Å². The van der Waals surface area contributed by atoms with Gasteiger partial charge in [0.25, 0.3) is 0 Å². The van der Waals surface area contributed by atoms with Crippen LogP contribution in [0.5, 0.6) is 0 Å². The Balaban J connectivity index is 1.17. The van der Waals surface area contributed by atoms with Crippen molar-refractivity contribution in [3.8, 4) is 44.5 Å². The molecule has 0 saturated heterocycles. The Kier molecular flexibility index (Phi) is 7.85. The van der Waals surface area contributed by atoms with Gasteiger partial charge in [-0.3, -0.25) is 0 Å². The minimum absolute atomic E-state index is 0.865. The van der Waals surface area contributed by atoms with Crippen LogP contribution in [0.3, 0.4) is 0 Å². The Morgan fingerprint density at radius 3 is 1.65 bits per heavy atom. The van der Waals surface area contributed by atoms with Crippen LogP contribution in [0.15, 0.2) is 217 Å². The molecule has 0 aliphatic carbocycles. The first kappa shape index (κ1) is 31.6. The van der Waals surface area contributed by atoms with Crippen molar-refractivity contribution >= 4 is 49.8 Å². The second kappa shape index (κ2) is 13.4. The number of para-hydroxylation sites is 2. The highest BCUT2D eigenvalue weighted by Crippen LogP contribution is 2.48. The number of hydrogen-bond acceptors (Lipinski definition) is 2. The highest BCUT2D eigenvalue weighted by molar-refractivity contribution is 6.14. The van der Waals surface area contributed by atoms with Crippen molar-refractivity contribution in [2.24, 2.45) is 0 Å². The molecule has 54 heavy (non-hydrogen) atoms. The Morgan fingerprint density at radius 2 is 0.852 bits per heavy atom. The van der Waals surface area contributed by atoms with Crippen molar-refractivity contribution in [2.75, 3.05) is 4.90 Å². The molecule has 0 saturated carbocycles. The third-order valence-electron chi connectivity index (χ3n) is 10.5. The topological polar surface area (TPSA) is 16.4 Å². The number of furan rings is 1. The van der Waals surface area contributed by atoms with E-state index in [0.717, 1.165) is 50.1 Å². The lowest BCUT2D eigenvalue weighted by atomic mass is 9.88. The van der Waals surface area contributed by atoms with Gasteiger partial charge in [-0.15, -0.1) is 0 Å². The van der Waals surface area contributed by atoms with Gasteiger partial charge in [0.15, 0.2) is 0 Å². The largest absolute Gasteiger partial charge is 0.456 e. The Bertz CT molecular complexity index is 2940. The van der Waals surface area contributed by atoms with Crippen molar-refractivity contribution in [2.45, 2.75) is 0 Å². The molecule has 1 heterocycles. The minimum atomic E-state index is 0.865. The van der Waals surface area contributed by atoms with E-state index in [-0.39, 0.29) is 0 Å². The number of nitrogens with zero attached hydrogens (tertiary/aromatic N) is 1.